The molecule has 0 bridgehead atoms. The quantitative estimate of drug-likeness (QED) is 0.358. The van der Waals surface area contributed by atoms with E-state index in [0.29, 0.717) is 23.4 Å². The number of amides is 2. The summed E-state index contributed by atoms with van der Waals surface area (Å²) in [5, 5.41) is 5.82. The average Bonchev–Trinajstić information content (AvgIpc) is 2.75. The van der Waals surface area contributed by atoms with Crippen molar-refractivity contribution in [1.82, 2.24) is 5.32 Å². The van der Waals surface area contributed by atoms with Crippen molar-refractivity contribution in [2.45, 2.75) is 6.92 Å². The first-order valence-corrected chi connectivity index (χ1v) is 10.8. The first-order valence-electron chi connectivity index (χ1n) is 9.33. The van der Waals surface area contributed by atoms with Crippen LogP contribution >= 0.6 is 34.8 Å². The van der Waals surface area contributed by atoms with E-state index in [1.54, 1.807) is 41.3 Å². The Morgan fingerprint density at radius 1 is 0.933 bits per heavy atom. The van der Waals surface area contributed by atoms with Gasteiger partial charge in [0.2, 0.25) is 0 Å². The lowest BCUT2D eigenvalue weighted by molar-refractivity contribution is 0.0973. The van der Waals surface area contributed by atoms with Crippen LogP contribution in [0.15, 0.2) is 78.9 Å². The zero-order valence-corrected chi connectivity index (χ0v) is 19.2. The first kappa shape index (κ1) is 21.9. The molecule has 5 nitrogen and oxygen atoms in total. The zero-order chi connectivity index (χ0) is 21.5. The van der Waals surface area contributed by atoms with Gasteiger partial charge in [-0.25, -0.2) is 0 Å². The van der Waals surface area contributed by atoms with Crippen molar-refractivity contribution in [1.29, 1.82) is 0 Å². The van der Waals surface area contributed by atoms with Gasteiger partial charge in [-0.15, -0.1) is 0 Å². The van der Waals surface area contributed by atoms with E-state index < -0.39 is 0 Å². The molecule has 0 aliphatic heterocycles. The van der Waals surface area contributed by atoms with Crippen molar-refractivity contribution >= 4 is 63.1 Å². The Labute approximate surface area is 194 Å². The Morgan fingerprint density at radius 3 is 2.27 bits per heavy atom. The summed E-state index contributed by atoms with van der Waals surface area (Å²) in [4.78, 5) is 26.9. The van der Waals surface area contributed by atoms with Crippen LogP contribution in [0, 0.1) is 3.57 Å². The van der Waals surface area contributed by atoms with Gasteiger partial charge in [-0.05, 0) is 96.3 Å². The van der Waals surface area contributed by atoms with Gasteiger partial charge in [0.25, 0.3) is 11.8 Å². The summed E-state index contributed by atoms with van der Waals surface area (Å²) in [5.41, 5.74) is 2.64. The zero-order valence-electron chi connectivity index (χ0n) is 16.3. The first-order chi connectivity index (χ1) is 14.5. The summed E-state index contributed by atoms with van der Waals surface area (Å²) < 4.78 is 0.969. The molecule has 2 amide bonds. The molecule has 0 radical (unpaired) electrons. The van der Waals surface area contributed by atoms with E-state index in [9.17, 15) is 9.59 Å². The minimum absolute atomic E-state index is 0.0789. The highest BCUT2D eigenvalue weighted by Gasteiger charge is 2.16. The van der Waals surface area contributed by atoms with Gasteiger partial charge in [0.1, 0.15) is 0 Å². The van der Waals surface area contributed by atoms with Crippen molar-refractivity contribution in [3.05, 3.63) is 93.6 Å². The van der Waals surface area contributed by atoms with Crippen LogP contribution in [0.5, 0.6) is 0 Å². The fraction of sp³-hybridized carbons (Fsp3) is 0.0870. The maximum Gasteiger partial charge on any atom is 0.258 e. The van der Waals surface area contributed by atoms with Crippen molar-refractivity contribution < 1.29 is 9.59 Å². The Kier molecular flexibility index (Phi) is 7.53. The number of nitrogens with zero attached hydrogens (tertiary/aromatic N) is 1. The van der Waals surface area contributed by atoms with E-state index in [2.05, 4.69) is 33.2 Å². The lowest BCUT2D eigenvalue weighted by Crippen LogP contribution is -2.34. The number of halogens is 1. The third-order valence-electron chi connectivity index (χ3n) is 4.33. The summed E-state index contributed by atoms with van der Waals surface area (Å²) in [7, 11) is 0. The molecule has 3 rings (SSSR count). The van der Waals surface area contributed by atoms with Gasteiger partial charge in [0.15, 0.2) is 5.11 Å². The fourth-order valence-corrected chi connectivity index (χ4v) is 3.62. The summed E-state index contributed by atoms with van der Waals surface area (Å²) in [6, 6.07) is 23.8. The number of hydrogen-bond acceptors (Lipinski definition) is 3. The van der Waals surface area contributed by atoms with Gasteiger partial charge < -0.3 is 10.2 Å². The molecule has 2 N–H and O–H groups in total. The van der Waals surface area contributed by atoms with Gasteiger partial charge in [-0.3, -0.25) is 14.9 Å². The molecule has 0 fully saturated rings. The SMILES string of the molecule is CCN(C(=O)c1ccc(NC(=S)NC(=O)c2cccc(I)c2)cc1)c1ccccc1. The molecule has 7 heteroatoms. The highest BCUT2D eigenvalue weighted by Crippen LogP contribution is 2.18. The molecule has 0 saturated carbocycles. The lowest BCUT2D eigenvalue weighted by Gasteiger charge is -2.21. The van der Waals surface area contributed by atoms with Crippen molar-refractivity contribution in [3.8, 4) is 0 Å². The van der Waals surface area contributed by atoms with Crippen LogP contribution in [0.3, 0.4) is 0 Å². The molecule has 0 aliphatic carbocycles. The number of carbonyl (C=O) groups is 2. The van der Waals surface area contributed by atoms with Crippen LogP contribution in [-0.2, 0) is 0 Å². The Morgan fingerprint density at radius 2 is 1.63 bits per heavy atom. The lowest BCUT2D eigenvalue weighted by atomic mass is 10.1. The van der Waals surface area contributed by atoms with Crippen molar-refractivity contribution in [3.63, 3.8) is 0 Å². The van der Waals surface area contributed by atoms with E-state index in [1.165, 1.54) is 0 Å². The summed E-state index contributed by atoms with van der Waals surface area (Å²) >= 11 is 7.38. The second-order valence-electron chi connectivity index (χ2n) is 6.38. The van der Waals surface area contributed by atoms with E-state index in [-0.39, 0.29) is 16.9 Å². The molecule has 152 valence electrons. The highest BCUT2D eigenvalue weighted by atomic mass is 127. The van der Waals surface area contributed by atoms with Gasteiger partial charge >= 0.3 is 0 Å². The molecular formula is C23H20IN3O2S. The highest BCUT2D eigenvalue weighted by molar-refractivity contribution is 14.1. The standard InChI is InChI=1S/C23H20IN3O2S/c1-2-27(20-9-4-3-5-10-20)22(29)16-11-13-19(14-12-16)25-23(30)26-21(28)17-7-6-8-18(24)15-17/h3-15H,2H2,1H3,(H2,25,26,28,30). The predicted molar refractivity (Wildman–Crippen MR) is 133 cm³/mol. The monoisotopic (exact) mass is 529 g/mol. The normalized spacial score (nSPS) is 10.2. The number of anilines is 2. The maximum absolute atomic E-state index is 12.9. The van der Waals surface area contributed by atoms with Gasteiger partial charge in [0.05, 0.1) is 0 Å². The second-order valence-corrected chi connectivity index (χ2v) is 8.03. The molecule has 0 aliphatic rings. The number of rotatable bonds is 5. The molecule has 0 spiro atoms. The molecule has 0 atom stereocenters. The number of nitrogens with one attached hydrogen (secondary N) is 2. The Hall–Kier alpha value is -2.78. The van der Waals surface area contributed by atoms with Crippen LogP contribution in [0.1, 0.15) is 27.6 Å². The number of carbonyl (C=O) groups excluding carboxylic acids is 2. The van der Waals surface area contributed by atoms with Crippen LogP contribution in [-0.4, -0.2) is 23.5 Å². The van der Waals surface area contributed by atoms with Crippen molar-refractivity contribution in [2.24, 2.45) is 0 Å². The summed E-state index contributed by atoms with van der Waals surface area (Å²) in [5.74, 6) is -0.357. The number of thiocarbonyl (C=S) groups is 1. The number of para-hydroxylation sites is 1. The molecule has 0 heterocycles. The molecule has 0 saturated heterocycles. The van der Waals surface area contributed by atoms with Crippen LogP contribution in [0.4, 0.5) is 11.4 Å². The maximum atomic E-state index is 12.9. The molecular weight excluding hydrogens is 509 g/mol. The predicted octanol–water partition coefficient (Wildman–Crippen LogP) is 5.08. The molecule has 0 unspecified atom stereocenters. The third kappa shape index (κ3) is 5.64. The van der Waals surface area contributed by atoms with E-state index in [1.807, 2.05) is 49.4 Å². The third-order valence-corrected chi connectivity index (χ3v) is 5.21. The molecule has 30 heavy (non-hydrogen) atoms. The smallest absolute Gasteiger partial charge is 0.258 e. The minimum atomic E-state index is -0.278. The Bertz CT molecular complexity index is 1060. The van der Waals surface area contributed by atoms with Crippen LogP contribution in [0.25, 0.3) is 0 Å². The molecule has 0 aromatic heterocycles. The molecule has 3 aromatic rings. The van der Waals surface area contributed by atoms with Crippen LogP contribution in [0.2, 0.25) is 0 Å². The summed E-state index contributed by atoms with van der Waals surface area (Å²) in [6.45, 7) is 2.51. The van der Waals surface area contributed by atoms with E-state index in [4.69, 9.17) is 12.2 Å². The number of hydrogen-bond donors (Lipinski definition) is 2. The fourth-order valence-electron chi connectivity index (χ4n) is 2.87. The topological polar surface area (TPSA) is 61.4 Å². The van der Waals surface area contributed by atoms with E-state index in [0.717, 1.165) is 9.26 Å². The van der Waals surface area contributed by atoms with Crippen LogP contribution < -0.4 is 15.5 Å². The van der Waals surface area contributed by atoms with Gasteiger partial charge in [-0.2, -0.15) is 0 Å². The second kappa shape index (κ2) is 10.3. The average molecular weight is 529 g/mol. The van der Waals surface area contributed by atoms with Crippen molar-refractivity contribution in [2.75, 3.05) is 16.8 Å². The van der Waals surface area contributed by atoms with Gasteiger partial charge in [-0.1, -0.05) is 24.3 Å². The molecule has 3 aromatic carbocycles. The summed E-state index contributed by atoms with van der Waals surface area (Å²) in [6.07, 6.45) is 0. The van der Waals surface area contributed by atoms with E-state index >= 15 is 0 Å². The number of benzene rings is 3. The van der Waals surface area contributed by atoms with Gasteiger partial charge in [0, 0.05) is 32.6 Å². The Balaban J connectivity index is 1.63. The minimum Gasteiger partial charge on any atom is -0.332 e. The largest absolute Gasteiger partial charge is 0.332 e.